The lowest BCUT2D eigenvalue weighted by atomic mass is 10.1. The Morgan fingerprint density at radius 3 is 2.21 bits per heavy atom. The van der Waals surface area contributed by atoms with E-state index in [1.807, 2.05) is 30.3 Å². The molecule has 0 saturated carbocycles. The van der Waals surface area contributed by atoms with Crippen molar-refractivity contribution in [1.82, 2.24) is 15.0 Å². The smallest absolute Gasteiger partial charge is 0.328 e. The summed E-state index contributed by atoms with van der Waals surface area (Å²) >= 11 is 0. The Labute approximate surface area is 167 Å². The summed E-state index contributed by atoms with van der Waals surface area (Å²) in [5.74, 6) is 0. The van der Waals surface area contributed by atoms with Crippen LogP contribution in [-0.4, -0.2) is 48.2 Å². The van der Waals surface area contributed by atoms with Crippen molar-refractivity contribution in [2.75, 3.05) is 33.2 Å². The second-order valence-corrected chi connectivity index (χ2v) is 7.59. The molecule has 5 nitrogen and oxygen atoms in total. The highest BCUT2D eigenvalue weighted by atomic mass is 19.4. The first kappa shape index (κ1) is 19.6. The zero-order valence-electron chi connectivity index (χ0n) is 16.2. The van der Waals surface area contributed by atoms with E-state index in [-0.39, 0.29) is 0 Å². The van der Waals surface area contributed by atoms with Gasteiger partial charge >= 0.3 is 6.18 Å². The Morgan fingerprint density at radius 1 is 0.931 bits per heavy atom. The summed E-state index contributed by atoms with van der Waals surface area (Å²) in [6.45, 7) is 5.00. The summed E-state index contributed by atoms with van der Waals surface area (Å²) in [5.41, 5.74) is 2.58. The van der Waals surface area contributed by atoms with Crippen LogP contribution in [0.2, 0.25) is 0 Å². The molecule has 2 aromatic carbocycles. The fourth-order valence-corrected chi connectivity index (χ4v) is 3.72. The second-order valence-electron chi connectivity index (χ2n) is 7.59. The Morgan fingerprint density at radius 2 is 1.59 bits per heavy atom. The van der Waals surface area contributed by atoms with Gasteiger partial charge in [0.15, 0.2) is 0 Å². The highest BCUT2D eigenvalue weighted by Crippen LogP contribution is 2.30. The van der Waals surface area contributed by atoms with E-state index in [0.717, 1.165) is 61.8 Å². The first-order chi connectivity index (χ1) is 13.9. The molecule has 0 amide bonds. The number of likely N-dealkylation sites (N-methyl/N-ethyl adjacent to an activating group) is 1. The molecule has 0 atom stereocenters. The van der Waals surface area contributed by atoms with Gasteiger partial charge in [-0.2, -0.15) is 13.2 Å². The highest BCUT2D eigenvalue weighted by Gasteiger charge is 2.30. The van der Waals surface area contributed by atoms with E-state index >= 15 is 0 Å². The molecule has 0 spiro atoms. The maximum atomic E-state index is 12.9. The van der Waals surface area contributed by atoms with Crippen molar-refractivity contribution in [3.05, 3.63) is 65.9 Å². The Kier molecular flexibility index (Phi) is 5.38. The number of rotatable bonds is 4. The minimum Gasteiger partial charge on any atom is -0.328 e. The number of alkyl halides is 3. The number of hydrogen-bond donors (Lipinski definition) is 2. The minimum atomic E-state index is -4.36. The third kappa shape index (κ3) is 4.33. The molecule has 0 bridgehead atoms. The van der Waals surface area contributed by atoms with E-state index in [4.69, 9.17) is 0 Å². The summed E-state index contributed by atoms with van der Waals surface area (Å²) in [7, 11) is 2.19. The van der Waals surface area contributed by atoms with Crippen molar-refractivity contribution < 1.29 is 23.0 Å². The van der Waals surface area contributed by atoms with Gasteiger partial charge in [-0.1, -0.05) is 35.5 Å². The lowest BCUT2D eigenvalue weighted by Gasteiger charge is -2.27. The standard InChI is InChI=1S/C21H22F3N5/c1-27-11-13-28(14-12-27)15-19-20(16-5-3-2-4-6-16)25-26-29(19)18-9-7-17(8-10-18)21(22,23)24/h2-10H,11-15H2,1H3/p+2. The summed E-state index contributed by atoms with van der Waals surface area (Å²) in [5, 5.41) is 8.69. The van der Waals surface area contributed by atoms with Gasteiger partial charge < -0.3 is 9.80 Å². The predicted octanol–water partition coefficient (Wildman–Crippen LogP) is 0.866. The first-order valence-corrected chi connectivity index (χ1v) is 9.74. The van der Waals surface area contributed by atoms with Gasteiger partial charge in [0.05, 0.1) is 18.3 Å². The van der Waals surface area contributed by atoms with Crippen LogP contribution in [0.3, 0.4) is 0 Å². The molecule has 1 fully saturated rings. The van der Waals surface area contributed by atoms with E-state index in [1.54, 1.807) is 4.68 Å². The van der Waals surface area contributed by atoms with Crippen LogP contribution in [0.4, 0.5) is 13.2 Å². The van der Waals surface area contributed by atoms with Crippen LogP contribution in [0.1, 0.15) is 11.3 Å². The molecule has 4 rings (SSSR count). The molecule has 152 valence electrons. The number of halogens is 3. The minimum absolute atomic E-state index is 0.585. The number of hydrogen-bond acceptors (Lipinski definition) is 2. The zero-order valence-corrected chi connectivity index (χ0v) is 16.2. The van der Waals surface area contributed by atoms with Crippen molar-refractivity contribution in [1.29, 1.82) is 0 Å². The highest BCUT2D eigenvalue weighted by molar-refractivity contribution is 5.62. The Bertz CT molecular complexity index is 943. The van der Waals surface area contributed by atoms with Gasteiger partial charge in [0.1, 0.15) is 44.1 Å². The summed E-state index contributed by atoms with van der Waals surface area (Å²) in [6.07, 6.45) is -4.36. The van der Waals surface area contributed by atoms with Crippen LogP contribution < -0.4 is 9.80 Å². The molecule has 3 aromatic rings. The third-order valence-electron chi connectivity index (χ3n) is 5.48. The fraction of sp³-hybridized carbons (Fsp3) is 0.333. The van der Waals surface area contributed by atoms with Crippen molar-refractivity contribution in [2.45, 2.75) is 12.7 Å². The van der Waals surface area contributed by atoms with Gasteiger partial charge in [0.25, 0.3) is 0 Å². The van der Waals surface area contributed by atoms with E-state index in [9.17, 15) is 13.2 Å². The lowest BCUT2D eigenvalue weighted by Crippen LogP contribution is -3.26. The van der Waals surface area contributed by atoms with Crippen molar-refractivity contribution in [3.63, 3.8) is 0 Å². The fourth-order valence-electron chi connectivity index (χ4n) is 3.72. The SMILES string of the molecule is C[NH+]1CC[NH+](Cc2c(-c3ccccc3)nnn2-c2ccc(C(F)(F)F)cc2)CC1. The molecular formula is C21H24F3N5+2. The van der Waals surface area contributed by atoms with E-state index in [2.05, 4.69) is 17.4 Å². The molecular weight excluding hydrogens is 379 g/mol. The molecule has 2 heterocycles. The maximum absolute atomic E-state index is 12.9. The molecule has 29 heavy (non-hydrogen) atoms. The van der Waals surface area contributed by atoms with Crippen LogP contribution in [-0.2, 0) is 12.7 Å². The van der Waals surface area contributed by atoms with Crippen molar-refractivity contribution in [3.8, 4) is 16.9 Å². The molecule has 1 aliphatic rings. The van der Waals surface area contributed by atoms with Gasteiger partial charge in [0.2, 0.25) is 0 Å². The third-order valence-corrected chi connectivity index (χ3v) is 5.48. The van der Waals surface area contributed by atoms with Crippen molar-refractivity contribution in [2.24, 2.45) is 0 Å². The lowest BCUT2D eigenvalue weighted by molar-refractivity contribution is -1.01. The number of benzene rings is 2. The average molecular weight is 403 g/mol. The summed E-state index contributed by atoms with van der Waals surface area (Å²) in [6, 6.07) is 14.9. The van der Waals surface area contributed by atoms with Crippen LogP contribution in [0.25, 0.3) is 16.9 Å². The van der Waals surface area contributed by atoms with Gasteiger partial charge in [-0.3, -0.25) is 0 Å². The van der Waals surface area contributed by atoms with Gasteiger partial charge in [-0.05, 0) is 24.3 Å². The Hall–Kier alpha value is -2.71. The monoisotopic (exact) mass is 403 g/mol. The normalized spacial score (nSPS) is 20.0. The molecule has 8 heteroatoms. The number of nitrogens with one attached hydrogen (secondary N) is 2. The molecule has 1 saturated heterocycles. The molecule has 2 N–H and O–H groups in total. The van der Waals surface area contributed by atoms with Gasteiger partial charge in [0, 0.05) is 5.56 Å². The number of nitrogens with zero attached hydrogens (tertiary/aromatic N) is 3. The van der Waals surface area contributed by atoms with E-state index in [1.165, 1.54) is 21.9 Å². The number of piperazine rings is 1. The average Bonchev–Trinajstić information content (AvgIpc) is 3.13. The number of aromatic nitrogens is 3. The van der Waals surface area contributed by atoms with Crippen LogP contribution in [0, 0.1) is 0 Å². The second kappa shape index (κ2) is 7.96. The van der Waals surface area contributed by atoms with Crippen LogP contribution in [0.15, 0.2) is 54.6 Å². The maximum Gasteiger partial charge on any atom is 0.416 e. The molecule has 0 aliphatic carbocycles. The molecule has 0 radical (unpaired) electrons. The topological polar surface area (TPSA) is 39.6 Å². The Balaban J connectivity index is 1.71. The van der Waals surface area contributed by atoms with Crippen LogP contribution in [0.5, 0.6) is 0 Å². The van der Waals surface area contributed by atoms with Crippen molar-refractivity contribution >= 4 is 0 Å². The zero-order chi connectivity index (χ0) is 20.4. The predicted molar refractivity (Wildman–Crippen MR) is 103 cm³/mol. The molecule has 1 aliphatic heterocycles. The number of quaternary nitrogens is 2. The summed E-state index contributed by atoms with van der Waals surface area (Å²) < 4.78 is 40.5. The van der Waals surface area contributed by atoms with E-state index < -0.39 is 11.7 Å². The van der Waals surface area contributed by atoms with E-state index in [0.29, 0.717) is 5.69 Å². The quantitative estimate of drug-likeness (QED) is 0.679. The van der Waals surface area contributed by atoms with Gasteiger partial charge in [-0.15, -0.1) is 5.10 Å². The summed E-state index contributed by atoms with van der Waals surface area (Å²) in [4.78, 5) is 2.95. The molecule has 1 aromatic heterocycles. The van der Waals surface area contributed by atoms with Gasteiger partial charge in [-0.25, -0.2) is 4.68 Å². The first-order valence-electron chi connectivity index (χ1n) is 9.74. The molecule has 0 unspecified atom stereocenters. The largest absolute Gasteiger partial charge is 0.416 e. The van der Waals surface area contributed by atoms with Crippen LogP contribution >= 0.6 is 0 Å².